The minimum Gasteiger partial charge on any atom is -0.332 e. The van der Waals surface area contributed by atoms with Gasteiger partial charge in [-0.25, -0.2) is 4.98 Å². The van der Waals surface area contributed by atoms with E-state index in [9.17, 15) is 9.59 Å². The molecular weight excluding hydrogens is 262 g/mol. The summed E-state index contributed by atoms with van der Waals surface area (Å²) in [7, 11) is 0. The second-order valence-electron chi connectivity index (χ2n) is 3.74. The van der Waals surface area contributed by atoms with Crippen LogP contribution in [0.25, 0.3) is 0 Å². The summed E-state index contributed by atoms with van der Waals surface area (Å²) in [5.74, 6) is -0.0429. The van der Waals surface area contributed by atoms with Crippen molar-refractivity contribution in [1.29, 1.82) is 0 Å². The first kappa shape index (κ1) is 12.3. The van der Waals surface area contributed by atoms with Crippen LogP contribution in [0.1, 0.15) is 11.8 Å². The molecule has 0 unspecified atom stereocenters. The second-order valence-corrected chi connectivity index (χ2v) is 5.43. The molecule has 1 aromatic heterocycles. The van der Waals surface area contributed by atoms with E-state index in [1.807, 2.05) is 6.92 Å². The quantitative estimate of drug-likeness (QED) is 0.825. The van der Waals surface area contributed by atoms with Crippen LogP contribution in [-0.4, -0.2) is 46.2 Å². The van der Waals surface area contributed by atoms with E-state index in [-0.39, 0.29) is 24.9 Å². The highest BCUT2D eigenvalue weighted by Crippen LogP contribution is 2.20. The van der Waals surface area contributed by atoms with Crippen molar-refractivity contribution in [3.05, 3.63) is 15.5 Å². The van der Waals surface area contributed by atoms with Crippen molar-refractivity contribution in [2.45, 2.75) is 13.5 Å². The molecule has 2 heterocycles. The van der Waals surface area contributed by atoms with E-state index in [4.69, 9.17) is 11.6 Å². The fourth-order valence-electron chi connectivity index (χ4n) is 1.68. The lowest BCUT2D eigenvalue weighted by atomic mass is 10.3. The van der Waals surface area contributed by atoms with Crippen molar-refractivity contribution in [3.63, 3.8) is 0 Å². The molecular formula is C10H12ClN3O2S. The zero-order valence-corrected chi connectivity index (χ0v) is 10.9. The normalized spacial score (nSPS) is 16.8. The summed E-state index contributed by atoms with van der Waals surface area (Å²) in [4.78, 5) is 31.4. The third-order valence-corrected chi connectivity index (χ3v) is 3.71. The molecule has 0 radical (unpaired) electrons. The van der Waals surface area contributed by atoms with Gasteiger partial charge >= 0.3 is 0 Å². The molecule has 0 atom stereocenters. The van der Waals surface area contributed by atoms with E-state index in [2.05, 4.69) is 4.98 Å². The average molecular weight is 274 g/mol. The van der Waals surface area contributed by atoms with Gasteiger partial charge in [0.15, 0.2) is 4.47 Å². The minimum atomic E-state index is -0.0315. The molecule has 1 fully saturated rings. The van der Waals surface area contributed by atoms with Crippen LogP contribution in [-0.2, 0) is 16.1 Å². The molecule has 92 valence electrons. The first-order chi connectivity index (χ1) is 8.10. The van der Waals surface area contributed by atoms with Crippen molar-refractivity contribution in [2.75, 3.05) is 19.6 Å². The Labute approximate surface area is 108 Å². The third-order valence-electron chi connectivity index (χ3n) is 2.61. The van der Waals surface area contributed by atoms with Crippen LogP contribution in [0.3, 0.4) is 0 Å². The van der Waals surface area contributed by atoms with E-state index in [0.717, 1.165) is 4.88 Å². The first-order valence-electron chi connectivity index (χ1n) is 5.26. The maximum Gasteiger partial charge on any atom is 0.242 e. The van der Waals surface area contributed by atoms with Crippen LogP contribution in [0, 0.1) is 0 Å². The summed E-state index contributed by atoms with van der Waals surface area (Å²) >= 11 is 7.04. The number of nitrogens with zero attached hydrogens (tertiary/aromatic N) is 3. The summed E-state index contributed by atoms with van der Waals surface area (Å²) in [5.41, 5.74) is 0. The molecule has 0 aliphatic carbocycles. The lowest BCUT2D eigenvalue weighted by Gasteiger charge is -2.32. The molecule has 0 N–H and O–H groups in total. The van der Waals surface area contributed by atoms with Crippen LogP contribution in [0.5, 0.6) is 0 Å². The summed E-state index contributed by atoms with van der Waals surface area (Å²) in [6, 6.07) is 0. The maximum absolute atomic E-state index is 11.8. The SMILES string of the molecule is CCN1CC(=O)N(Cc2cnc(Cl)s2)CC1=O. The number of carbonyl (C=O) groups excluding carboxylic acids is 2. The van der Waals surface area contributed by atoms with Gasteiger partial charge in [0, 0.05) is 17.6 Å². The fourth-order valence-corrected chi connectivity index (χ4v) is 2.67. The van der Waals surface area contributed by atoms with E-state index < -0.39 is 0 Å². The van der Waals surface area contributed by atoms with Gasteiger partial charge in [-0.2, -0.15) is 0 Å². The molecule has 1 aliphatic rings. The van der Waals surface area contributed by atoms with Gasteiger partial charge in [-0.15, -0.1) is 11.3 Å². The number of halogens is 1. The van der Waals surface area contributed by atoms with Crippen LogP contribution < -0.4 is 0 Å². The summed E-state index contributed by atoms with van der Waals surface area (Å²) in [6.45, 7) is 3.16. The molecule has 0 bridgehead atoms. The Kier molecular flexibility index (Phi) is 3.63. The van der Waals surface area contributed by atoms with Crippen molar-refractivity contribution in [2.24, 2.45) is 0 Å². The number of hydrogen-bond acceptors (Lipinski definition) is 4. The van der Waals surface area contributed by atoms with Crippen molar-refractivity contribution in [3.8, 4) is 0 Å². The van der Waals surface area contributed by atoms with E-state index >= 15 is 0 Å². The van der Waals surface area contributed by atoms with Gasteiger partial charge in [0.25, 0.3) is 0 Å². The Bertz CT molecular complexity index is 449. The first-order valence-corrected chi connectivity index (χ1v) is 6.45. The van der Waals surface area contributed by atoms with Crippen molar-refractivity contribution >= 4 is 34.8 Å². The second kappa shape index (κ2) is 5.01. The lowest BCUT2D eigenvalue weighted by Crippen LogP contribution is -2.53. The Balaban J connectivity index is 2.03. The number of thiazole rings is 1. The molecule has 5 nitrogen and oxygen atoms in total. The number of amides is 2. The van der Waals surface area contributed by atoms with Gasteiger partial charge in [-0.1, -0.05) is 11.6 Å². The molecule has 0 aromatic carbocycles. The fraction of sp³-hybridized carbons (Fsp3) is 0.500. The standard InChI is InChI=1S/C10H12ClN3O2S/c1-2-13-5-9(16)14(6-8(13)15)4-7-3-12-10(11)17-7/h3H,2,4-6H2,1H3. The highest BCUT2D eigenvalue weighted by molar-refractivity contribution is 7.15. The number of likely N-dealkylation sites (N-methyl/N-ethyl adjacent to an activating group) is 1. The topological polar surface area (TPSA) is 53.5 Å². The number of rotatable bonds is 3. The third kappa shape index (κ3) is 2.76. The number of aromatic nitrogens is 1. The number of hydrogen-bond donors (Lipinski definition) is 0. The predicted octanol–water partition coefficient (Wildman–Crippen LogP) is 0.987. The number of piperazine rings is 1. The molecule has 0 saturated carbocycles. The lowest BCUT2D eigenvalue weighted by molar-refractivity contribution is -0.150. The Hall–Kier alpha value is -1.14. The Morgan fingerprint density at radius 1 is 1.35 bits per heavy atom. The average Bonchev–Trinajstić information content (AvgIpc) is 2.69. The zero-order chi connectivity index (χ0) is 12.4. The minimum absolute atomic E-state index is 0.0114. The summed E-state index contributed by atoms with van der Waals surface area (Å²) < 4.78 is 0.450. The summed E-state index contributed by atoms with van der Waals surface area (Å²) in [6.07, 6.45) is 1.64. The van der Waals surface area contributed by atoms with E-state index in [0.29, 0.717) is 17.6 Å². The molecule has 17 heavy (non-hydrogen) atoms. The highest BCUT2D eigenvalue weighted by Gasteiger charge is 2.28. The molecule has 1 aliphatic heterocycles. The largest absolute Gasteiger partial charge is 0.332 e. The van der Waals surface area contributed by atoms with Gasteiger partial charge in [-0.05, 0) is 6.92 Å². The smallest absolute Gasteiger partial charge is 0.242 e. The van der Waals surface area contributed by atoms with Crippen LogP contribution in [0.2, 0.25) is 4.47 Å². The van der Waals surface area contributed by atoms with Crippen molar-refractivity contribution < 1.29 is 9.59 Å². The predicted molar refractivity (Wildman–Crippen MR) is 64.8 cm³/mol. The molecule has 0 spiro atoms. The molecule has 1 aromatic rings. The molecule has 2 amide bonds. The molecule has 2 rings (SSSR count). The van der Waals surface area contributed by atoms with Crippen LogP contribution >= 0.6 is 22.9 Å². The molecule has 7 heteroatoms. The Morgan fingerprint density at radius 2 is 2.00 bits per heavy atom. The van der Waals surface area contributed by atoms with Crippen LogP contribution in [0.15, 0.2) is 6.20 Å². The van der Waals surface area contributed by atoms with Gasteiger partial charge in [0.05, 0.1) is 13.1 Å². The van der Waals surface area contributed by atoms with Crippen molar-refractivity contribution in [1.82, 2.24) is 14.8 Å². The molecule has 1 saturated heterocycles. The zero-order valence-electron chi connectivity index (χ0n) is 9.35. The monoisotopic (exact) mass is 273 g/mol. The Morgan fingerprint density at radius 3 is 2.59 bits per heavy atom. The number of carbonyl (C=O) groups is 2. The van der Waals surface area contributed by atoms with Gasteiger partial charge in [-0.3, -0.25) is 9.59 Å². The summed E-state index contributed by atoms with van der Waals surface area (Å²) in [5, 5.41) is 0. The highest BCUT2D eigenvalue weighted by atomic mass is 35.5. The maximum atomic E-state index is 11.8. The van der Waals surface area contributed by atoms with E-state index in [1.54, 1.807) is 16.0 Å². The van der Waals surface area contributed by atoms with E-state index in [1.165, 1.54) is 11.3 Å². The van der Waals surface area contributed by atoms with Gasteiger partial charge < -0.3 is 9.80 Å². The van der Waals surface area contributed by atoms with Gasteiger partial charge in [0.2, 0.25) is 11.8 Å². The van der Waals surface area contributed by atoms with Gasteiger partial charge in [0.1, 0.15) is 6.54 Å². The van der Waals surface area contributed by atoms with Crippen LogP contribution in [0.4, 0.5) is 0 Å².